The van der Waals surface area contributed by atoms with Gasteiger partial charge in [-0.05, 0) is 12.1 Å². The summed E-state index contributed by atoms with van der Waals surface area (Å²) in [6.07, 6.45) is 0. The van der Waals surface area contributed by atoms with Crippen molar-refractivity contribution in [1.82, 2.24) is 0 Å². The molecule has 0 aliphatic rings. The third kappa shape index (κ3) is 11.0. The number of hydrogen-bond acceptors (Lipinski definition) is 3. The Balaban J connectivity index is 0.000000385. The zero-order valence-electron chi connectivity index (χ0n) is 8.15. The van der Waals surface area contributed by atoms with Crippen LogP contribution in [0.5, 0.6) is 0 Å². The molecule has 1 aromatic rings. The number of carbonyl (C=O) groups excluding carboxylic acids is 1. The predicted octanol–water partition coefficient (Wildman–Crippen LogP) is -1.55. The molecule has 0 aliphatic carbocycles. The minimum atomic E-state index is -5.12. The fraction of sp³-hybridized carbons (Fsp3) is 0.125. The number of nitrogens with one attached hydrogen (secondary N) is 1. The first kappa shape index (κ1) is 14.9. The molecule has 0 fully saturated rings. The van der Waals surface area contributed by atoms with E-state index in [1.54, 1.807) is 12.1 Å². The monoisotopic (exact) mass is 293 g/mol. The molecule has 90 valence electrons. The molecule has 0 aromatic heterocycles. The second kappa shape index (κ2) is 7.21. The number of anilines is 1. The molecule has 0 aliphatic heterocycles. The Bertz CT molecular complexity index is 354. The van der Waals surface area contributed by atoms with Crippen LogP contribution in [0.1, 0.15) is 0 Å². The number of benzene rings is 1. The first-order chi connectivity index (χ1) is 7.33. The molecule has 0 unspecified atom stereocenters. The molecule has 1 amide bonds. The quantitative estimate of drug-likeness (QED) is 0.420. The molecular formula is C8H12AsNO6. The van der Waals surface area contributed by atoms with Gasteiger partial charge >= 0.3 is 30.5 Å². The summed E-state index contributed by atoms with van der Waals surface area (Å²) in [5.41, 5.74) is 0.701. The van der Waals surface area contributed by atoms with Gasteiger partial charge in [0.15, 0.2) is 0 Å². The number of carbonyl (C=O) groups is 1. The molecule has 1 aromatic carbocycles. The Morgan fingerprint density at radius 3 is 2.00 bits per heavy atom. The molecular weight excluding hydrogens is 281 g/mol. The van der Waals surface area contributed by atoms with Gasteiger partial charge in [-0.15, -0.1) is 0 Å². The van der Waals surface area contributed by atoms with Crippen molar-refractivity contribution in [1.29, 1.82) is 0 Å². The topological polar surface area (TPSA) is 127 Å². The molecule has 5 N–H and O–H groups in total. The van der Waals surface area contributed by atoms with Crippen LogP contribution in [0, 0.1) is 0 Å². The summed E-state index contributed by atoms with van der Waals surface area (Å²) in [5.74, 6) is -0.392. The Morgan fingerprint density at radius 2 is 1.62 bits per heavy atom. The Labute approximate surface area is 94.7 Å². The zero-order chi connectivity index (χ0) is 12.6. The predicted molar refractivity (Wildman–Crippen MR) is 55.3 cm³/mol. The summed E-state index contributed by atoms with van der Waals surface area (Å²) in [5, 5.41) is 10.9. The van der Waals surface area contributed by atoms with E-state index < -0.39 is 27.0 Å². The molecule has 16 heavy (non-hydrogen) atoms. The second-order valence-corrected chi connectivity index (χ2v) is 4.74. The van der Waals surface area contributed by atoms with Crippen molar-refractivity contribution in [2.24, 2.45) is 0 Å². The van der Waals surface area contributed by atoms with Gasteiger partial charge in [0.25, 0.3) is 0 Å². The normalized spacial score (nSPS) is 10.0. The number of aliphatic hydroxyl groups is 1. The molecule has 8 heteroatoms. The molecule has 0 radical (unpaired) electrons. The molecule has 0 spiro atoms. The van der Waals surface area contributed by atoms with Crippen LogP contribution < -0.4 is 5.32 Å². The molecule has 0 saturated heterocycles. The van der Waals surface area contributed by atoms with Crippen LogP contribution in [0.3, 0.4) is 0 Å². The molecule has 0 bridgehead atoms. The maximum absolute atomic E-state index is 10.6. The Morgan fingerprint density at radius 1 is 1.19 bits per heavy atom. The standard InChI is InChI=1S/C8H9NO2.AsH3O4/c10-6-8(11)9-7-4-2-1-3-5-7;2-1(3,4)5/h1-5,10H,6H2,(H,9,11);(H3,2,3,4,5). The van der Waals surface area contributed by atoms with Crippen molar-refractivity contribution in [3.63, 3.8) is 0 Å². The van der Waals surface area contributed by atoms with Gasteiger partial charge < -0.3 is 10.4 Å². The molecule has 7 nitrogen and oxygen atoms in total. The number of para-hydroxylation sites is 1. The van der Waals surface area contributed by atoms with Gasteiger partial charge in [-0.2, -0.15) is 0 Å². The Hall–Kier alpha value is -1.11. The molecule has 0 atom stereocenters. The minimum absolute atomic E-state index is 0.392. The second-order valence-electron chi connectivity index (χ2n) is 2.59. The van der Waals surface area contributed by atoms with Crippen LogP contribution in [0.4, 0.5) is 5.69 Å². The summed E-state index contributed by atoms with van der Waals surface area (Å²) in [7, 11) is 0. The van der Waals surface area contributed by atoms with Gasteiger partial charge in [0.05, 0.1) is 0 Å². The van der Waals surface area contributed by atoms with Gasteiger partial charge in [-0.1, -0.05) is 18.2 Å². The van der Waals surface area contributed by atoms with E-state index in [0.717, 1.165) is 0 Å². The molecule has 0 saturated carbocycles. The van der Waals surface area contributed by atoms with Crippen LogP contribution in [-0.4, -0.2) is 44.4 Å². The molecule has 0 heterocycles. The van der Waals surface area contributed by atoms with Crippen molar-refractivity contribution in [3.05, 3.63) is 30.3 Å². The summed E-state index contributed by atoms with van der Waals surface area (Å²) in [4.78, 5) is 10.6. The van der Waals surface area contributed by atoms with E-state index in [2.05, 4.69) is 5.32 Å². The van der Waals surface area contributed by atoms with Crippen LogP contribution in [0.15, 0.2) is 30.3 Å². The van der Waals surface area contributed by atoms with E-state index in [0.29, 0.717) is 5.69 Å². The van der Waals surface area contributed by atoms with Gasteiger partial charge in [0.2, 0.25) is 5.91 Å². The Kier molecular flexibility index (Phi) is 6.71. The fourth-order valence-electron chi connectivity index (χ4n) is 0.722. The van der Waals surface area contributed by atoms with Crippen molar-refractivity contribution < 1.29 is 25.9 Å². The first-order valence-electron chi connectivity index (χ1n) is 4.07. The average Bonchev–Trinajstić information content (AvgIpc) is 2.16. The van der Waals surface area contributed by atoms with Crippen LogP contribution >= 0.6 is 0 Å². The third-order valence-electron chi connectivity index (χ3n) is 1.20. The van der Waals surface area contributed by atoms with Crippen molar-refractivity contribution in [3.8, 4) is 0 Å². The summed E-state index contributed by atoms with van der Waals surface area (Å²) in [6.45, 7) is -0.477. The number of hydrogen-bond donors (Lipinski definition) is 5. The van der Waals surface area contributed by atoms with Crippen LogP contribution in [0.2, 0.25) is 0 Å². The third-order valence-corrected chi connectivity index (χ3v) is 1.20. The summed E-state index contributed by atoms with van der Waals surface area (Å²) >= 11 is -5.12. The number of aliphatic hydroxyl groups excluding tert-OH is 1. The number of amides is 1. The fourth-order valence-corrected chi connectivity index (χ4v) is 0.722. The first-order valence-corrected chi connectivity index (χ1v) is 7.35. The van der Waals surface area contributed by atoms with Gasteiger partial charge in [0, 0.05) is 5.69 Å². The SMILES string of the molecule is O=C(CO)Nc1ccccc1.O=[As](O)(O)O. The van der Waals surface area contributed by atoms with Crippen LogP contribution in [-0.2, 0) is 8.53 Å². The zero-order valence-corrected chi connectivity index (χ0v) is 10.0. The van der Waals surface area contributed by atoms with E-state index in [-0.39, 0.29) is 0 Å². The van der Waals surface area contributed by atoms with E-state index in [9.17, 15) is 4.79 Å². The van der Waals surface area contributed by atoms with E-state index >= 15 is 0 Å². The average molecular weight is 293 g/mol. The van der Waals surface area contributed by atoms with Crippen molar-refractivity contribution in [2.75, 3.05) is 11.9 Å². The maximum atomic E-state index is 10.6. The van der Waals surface area contributed by atoms with E-state index in [1.165, 1.54) is 0 Å². The molecule has 1 rings (SSSR count). The van der Waals surface area contributed by atoms with Crippen LogP contribution in [0.25, 0.3) is 0 Å². The van der Waals surface area contributed by atoms with Gasteiger partial charge in [-0.25, -0.2) is 0 Å². The number of rotatable bonds is 2. The van der Waals surface area contributed by atoms with E-state index in [4.69, 9.17) is 21.1 Å². The summed E-state index contributed by atoms with van der Waals surface area (Å²) in [6, 6.07) is 9.00. The van der Waals surface area contributed by atoms with Crippen molar-refractivity contribution >= 4 is 26.1 Å². The van der Waals surface area contributed by atoms with Crippen molar-refractivity contribution in [2.45, 2.75) is 0 Å². The summed E-state index contributed by atoms with van der Waals surface area (Å²) < 4.78 is 30.7. The van der Waals surface area contributed by atoms with Gasteiger partial charge in [0.1, 0.15) is 6.61 Å². The van der Waals surface area contributed by atoms with E-state index in [1.807, 2.05) is 18.2 Å². The van der Waals surface area contributed by atoms with Gasteiger partial charge in [-0.3, -0.25) is 4.79 Å².